The molecule has 4 rings (SSSR count). The number of carbonyl (C=O) groups is 1. The highest BCUT2D eigenvalue weighted by atomic mass is 35.5. The van der Waals surface area contributed by atoms with Gasteiger partial charge in [0.25, 0.3) is 0 Å². The summed E-state index contributed by atoms with van der Waals surface area (Å²) in [7, 11) is 0. The third-order valence-corrected chi connectivity index (χ3v) is 5.44. The largest absolute Gasteiger partial charge is 0.478 e. The number of nitrogens with two attached hydrogens (primary N) is 1. The average molecular weight is 435 g/mol. The molecule has 7 nitrogen and oxygen atoms in total. The molecule has 1 unspecified atom stereocenters. The lowest BCUT2D eigenvalue weighted by Gasteiger charge is -2.25. The summed E-state index contributed by atoms with van der Waals surface area (Å²) in [4.78, 5) is 11.2. The van der Waals surface area contributed by atoms with Crippen LogP contribution in [0.4, 0.5) is 0 Å². The summed E-state index contributed by atoms with van der Waals surface area (Å²) in [5.41, 5.74) is 9.60. The number of carboxylic acids is 1. The number of nitrogens with zero attached hydrogens (tertiary/aromatic N) is 3. The molecule has 3 aromatic rings. The number of rotatable bonds is 4. The molecule has 156 valence electrons. The van der Waals surface area contributed by atoms with Crippen molar-refractivity contribution < 1.29 is 14.6 Å². The number of fused-ring (bicyclic) bond motifs is 1. The predicted octanol–water partition coefficient (Wildman–Crippen LogP) is 4.57. The zero-order valence-corrected chi connectivity index (χ0v) is 17.6. The van der Waals surface area contributed by atoms with Crippen LogP contribution in [0.5, 0.6) is 5.88 Å². The van der Waals surface area contributed by atoms with Gasteiger partial charge in [0.05, 0.1) is 28.4 Å². The number of nitriles is 1. The standard InChI is InChI=1S/C23H19ClN4O3/c1-12(2)20-19-18(13-3-7-15(24)8-4-13)17(11-25)21(26)31-22(19)28(27-20)16-9-5-14(6-10-16)23(29)30/h3-10,12,18H,26H2,1-2H3,(H,29,30). The summed E-state index contributed by atoms with van der Waals surface area (Å²) >= 11 is 6.07. The van der Waals surface area contributed by atoms with E-state index >= 15 is 0 Å². The third-order valence-electron chi connectivity index (χ3n) is 5.19. The Morgan fingerprint density at radius 3 is 2.42 bits per heavy atom. The fourth-order valence-corrected chi connectivity index (χ4v) is 3.83. The van der Waals surface area contributed by atoms with Crippen molar-refractivity contribution in [3.05, 3.63) is 87.4 Å². The topological polar surface area (TPSA) is 114 Å². The van der Waals surface area contributed by atoms with E-state index in [1.165, 1.54) is 12.1 Å². The molecule has 0 fully saturated rings. The van der Waals surface area contributed by atoms with E-state index < -0.39 is 11.9 Å². The van der Waals surface area contributed by atoms with E-state index in [4.69, 9.17) is 27.2 Å². The van der Waals surface area contributed by atoms with Crippen molar-refractivity contribution in [3.8, 4) is 17.6 Å². The minimum absolute atomic E-state index is 0.00793. The number of aromatic nitrogens is 2. The van der Waals surface area contributed by atoms with Gasteiger partial charge >= 0.3 is 5.97 Å². The number of allylic oxidation sites excluding steroid dienone is 1. The maximum absolute atomic E-state index is 11.2. The summed E-state index contributed by atoms with van der Waals surface area (Å²) in [6.07, 6.45) is 0. The summed E-state index contributed by atoms with van der Waals surface area (Å²) < 4.78 is 7.50. The van der Waals surface area contributed by atoms with Crippen LogP contribution in [0.2, 0.25) is 5.02 Å². The van der Waals surface area contributed by atoms with E-state index in [0.29, 0.717) is 22.2 Å². The van der Waals surface area contributed by atoms with Crippen LogP contribution >= 0.6 is 11.6 Å². The second kappa shape index (κ2) is 7.82. The summed E-state index contributed by atoms with van der Waals surface area (Å²) in [5, 5.41) is 24.4. The summed E-state index contributed by atoms with van der Waals surface area (Å²) in [6.45, 7) is 4.01. The minimum atomic E-state index is -1.01. The maximum Gasteiger partial charge on any atom is 0.335 e. The zero-order chi connectivity index (χ0) is 22.3. The monoisotopic (exact) mass is 434 g/mol. The van der Waals surface area contributed by atoms with E-state index in [1.54, 1.807) is 28.9 Å². The zero-order valence-electron chi connectivity index (χ0n) is 16.8. The predicted molar refractivity (Wildman–Crippen MR) is 115 cm³/mol. The maximum atomic E-state index is 11.2. The van der Waals surface area contributed by atoms with Gasteiger partial charge in [-0.05, 0) is 47.9 Å². The van der Waals surface area contributed by atoms with Crippen LogP contribution in [0, 0.1) is 11.3 Å². The fraction of sp³-hybridized carbons (Fsp3) is 0.174. The number of hydrogen-bond donors (Lipinski definition) is 2. The molecule has 1 atom stereocenters. The van der Waals surface area contributed by atoms with Gasteiger partial charge in [0.15, 0.2) is 0 Å². The molecule has 0 aliphatic carbocycles. The van der Waals surface area contributed by atoms with Crippen LogP contribution < -0.4 is 10.5 Å². The van der Waals surface area contributed by atoms with Crippen LogP contribution in [0.1, 0.15) is 52.9 Å². The van der Waals surface area contributed by atoms with Crippen molar-refractivity contribution in [2.24, 2.45) is 5.73 Å². The Balaban J connectivity index is 1.95. The molecule has 0 amide bonds. The third kappa shape index (κ3) is 3.51. The molecule has 0 saturated heterocycles. The van der Waals surface area contributed by atoms with Gasteiger partial charge in [-0.15, -0.1) is 0 Å². The lowest BCUT2D eigenvalue weighted by Crippen LogP contribution is -2.22. The first-order chi connectivity index (χ1) is 14.8. The van der Waals surface area contributed by atoms with Crippen molar-refractivity contribution in [1.29, 1.82) is 5.26 Å². The number of benzene rings is 2. The van der Waals surface area contributed by atoms with Gasteiger partial charge < -0.3 is 15.6 Å². The summed E-state index contributed by atoms with van der Waals surface area (Å²) in [6, 6.07) is 15.7. The van der Waals surface area contributed by atoms with Gasteiger partial charge in [0.2, 0.25) is 11.8 Å². The SMILES string of the molecule is CC(C)c1nn(-c2ccc(C(=O)O)cc2)c2c1C(c1ccc(Cl)cc1)C(C#N)=C(N)O2. The van der Waals surface area contributed by atoms with Gasteiger partial charge in [-0.3, -0.25) is 0 Å². The molecular weight excluding hydrogens is 416 g/mol. The number of halogens is 1. The van der Waals surface area contributed by atoms with Crippen LogP contribution in [0.3, 0.4) is 0 Å². The van der Waals surface area contributed by atoms with E-state index in [0.717, 1.165) is 16.8 Å². The molecule has 31 heavy (non-hydrogen) atoms. The number of aromatic carboxylic acids is 1. The van der Waals surface area contributed by atoms with E-state index in [2.05, 4.69) is 6.07 Å². The minimum Gasteiger partial charge on any atom is -0.478 e. The van der Waals surface area contributed by atoms with E-state index in [9.17, 15) is 15.2 Å². The Morgan fingerprint density at radius 2 is 1.87 bits per heavy atom. The molecule has 0 spiro atoms. The highest BCUT2D eigenvalue weighted by molar-refractivity contribution is 6.30. The van der Waals surface area contributed by atoms with Gasteiger partial charge in [-0.1, -0.05) is 37.6 Å². The number of carboxylic acid groups (broad SMARTS) is 1. The first-order valence-electron chi connectivity index (χ1n) is 9.61. The molecule has 0 saturated carbocycles. The number of hydrogen-bond acceptors (Lipinski definition) is 5. The summed E-state index contributed by atoms with van der Waals surface area (Å²) in [5.74, 6) is -1.03. The molecule has 0 radical (unpaired) electrons. The molecule has 0 bridgehead atoms. The smallest absolute Gasteiger partial charge is 0.335 e. The van der Waals surface area contributed by atoms with Crippen LogP contribution in [-0.4, -0.2) is 20.9 Å². The van der Waals surface area contributed by atoms with E-state index in [-0.39, 0.29) is 17.4 Å². The van der Waals surface area contributed by atoms with Crippen LogP contribution in [-0.2, 0) is 0 Å². The Labute approximate surface area is 183 Å². The lowest BCUT2D eigenvalue weighted by molar-refractivity contribution is 0.0697. The Hall–Kier alpha value is -3.76. The van der Waals surface area contributed by atoms with Crippen molar-refractivity contribution in [1.82, 2.24) is 9.78 Å². The lowest BCUT2D eigenvalue weighted by atomic mass is 9.82. The van der Waals surface area contributed by atoms with Gasteiger partial charge in [0, 0.05) is 5.02 Å². The van der Waals surface area contributed by atoms with Crippen molar-refractivity contribution in [2.75, 3.05) is 0 Å². The highest BCUT2D eigenvalue weighted by Gasteiger charge is 2.37. The Morgan fingerprint density at radius 1 is 1.23 bits per heavy atom. The second-order valence-electron chi connectivity index (χ2n) is 7.50. The molecule has 2 heterocycles. The number of ether oxygens (including phenoxy) is 1. The quantitative estimate of drug-likeness (QED) is 0.621. The van der Waals surface area contributed by atoms with Crippen molar-refractivity contribution >= 4 is 17.6 Å². The molecule has 1 aliphatic heterocycles. The van der Waals surface area contributed by atoms with Crippen molar-refractivity contribution in [3.63, 3.8) is 0 Å². The first-order valence-corrected chi connectivity index (χ1v) is 9.99. The molecule has 3 N–H and O–H groups in total. The fourth-order valence-electron chi connectivity index (χ4n) is 3.70. The van der Waals surface area contributed by atoms with Crippen LogP contribution in [0.15, 0.2) is 60.0 Å². The van der Waals surface area contributed by atoms with Gasteiger partial charge in [0.1, 0.15) is 11.6 Å². The normalized spacial score (nSPS) is 15.4. The first kappa shape index (κ1) is 20.5. The van der Waals surface area contributed by atoms with Gasteiger partial charge in [-0.2, -0.15) is 10.4 Å². The molecule has 1 aromatic heterocycles. The second-order valence-corrected chi connectivity index (χ2v) is 7.94. The van der Waals surface area contributed by atoms with E-state index in [1.807, 2.05) is 26.0 Å². The molecular formula is C23H19ClN4O3. The molecule has 8 heteroatoms. The average Bonchev–Trinajstić information content (AvgIpc) is 3.12. The van der Waals surface area contributed by atoms with Crippen LogP contribution in [0.25, 0.3) is 5.69 Å². The van der Waals surface area contributed by atoms with Crippen molar-refractivity contribution in [2.45, 2.75) is 25.7 Å². The highest BCUT2D eigenvalue weighted by Crippen LogP contribution is 2.46. The molecule has 1 aliphatic rings. The van der Waals surface area contributed by atoms with Gasteiger partial charge in [-0.25, -0.2) is 9.48 Å². The molecule has 2 aromatic carbocycles. The Bertz CT molecular complexity index is 1240. The Kier molecular flexibility index (Phi) is 5.17.